The van der Waals surface area contributed by atoms with Gasteiger partial charge in [-0.3, -0.25) is 9.13 Å². The number of aromatic nitrogens is 2. The molecule has 18 heavy (non-hydrogen) atoms. The first kappa shape index (κ1) is 13.2. The molecule has 5 heteroatoms. The van der Waals surface area contributed by atoms with Crippen LogP contribution in [0, 0.1) is 0 Å². The van der Waals surface area contributed by atoms with E-state index in [-0.39, 0.29) is 12.3 Å². The van der Waals surface area contributed by atoms with Crippen LogP contribution in [-0.2, 0) is 13.1 Å². The van der Waals surface area contributed by atoms with Gasteiger partial charge in [-0.05, 0) is 25.0 Å². The quantitative estimate of drug-likeness (QED) is 0.642. The molecule has 1 aromatic heterocycles. The Morgan fingerprint density at radius 1 is 1.06 bits per heavy atom. The van der Waals surface area contributed by atoms with E-state index in [0.717, 1.165) is 23.9 Å². The van der Waals surface area contributed by atoms with Crippen molar-refractivity contribution >= 4 is 22.6 Å². The van der Waals surface area contributed by atoms with Gasteiger partial charge in [-0.25, -0.2) is 4.79 Å². The van der Waals surface area contributed by atoms with Gasteiger partial charge in [0.2, 0.25) is 0 Å². The van der Waals surface area contributed by atoms with Gasteiger partial charge in [0.05, 0.1) is 24.2 Å². The van der Waals surface area contributed by atoms with E-state index in [4.69, 9.17) is 16.7 Å². The summed E-state index contributed by atoms with van der Waals surface area (Å²) in [4.78, 5) is 12.3. The summed E-state index contributed by atoms with van der Waals surface area (Å²) in [6, 6.07) is 7.66. The number of para-hydroxylation sites is 2. The monoisotopic (exact) mass is 268 g/mol. The van der Waals surface area contributed by atoms with Crippen LogP contribution in [0.15, 0.2) is 29.1 Å². The maximum absolute atomic E-state index is 12.3. The molecule has 4 nitrogen and oxygen atoms in total. The SMILES string of the molecule is O=c1n(CCO)c2ccccc2n1CCCCCl. The molecular weight excluding hydrogens is 252 g/mol. The topological polar surface area (TPSA) is 47.2 Å². The number of unbranched alkanes of at least 4 members (excludes halogenated alkanes) is 1. The molecule has 0 saturated heterocycles. The number of aliphatic hydroxyl groups is 1. The van der Waals surface area contributed by atoms with Gasteiger partial charge in [-0.1, -0.05) is 12.1 Å². The molecule has 0 aliphatic rings. The maximum atomic E-state index is 12.3. The summed E-state index contributed by atoms with van der Waals surface area (Å²) in [5, 5.41) is 9.04. The van der Waals surface area contributed by atoms with Crippen LogP contribution in [0.3, 0.4) is 0 Å². The molecule has 1 aromatic carbocycles. The molecule has 98 valence electrons. The number of hydrogen-bond donors (Lipinski definition) is 1. The average Bonchev–Trinajstić information content (AvgIpc) is 2.65. The zero-order valence-electron chi connectivity index (χ0n) is 10.2. The molecule has 2 aromatic rings. The number of aryl methyl sites for hydroxylation is 1. The summed E-state index contributed by atoms with van der Waals surface area (Å²) in [5.41, 5.74) is 1.74. The maximum Gasteiger partial charge on any atom is 0.329 e. The van der Waals surface area contributed by atoms with Gasteiger partial charge < -0.3 is 5.11 Å². The standard InChI is InChI=1S/C13H17ClN2O2/c14-7-3-4-8-15-11-5-1-2-6-12(11)16(9-10-17)13(15)18/h1-2,5-6,17H,3-4,7-10H2. The van der Waals surface area contributed by atoms with Crippen molar-refractivity contribution < 1.29 is 5.11 Å². The number of hydrogen-bond acceptors (Lipinski definition) is 2. The minimum absolute atomic E-state index is 0.0321. The zero-order chi connectivity index (χ0) is 13.0. The lowest BCUT2D eigenvalue weighted by Gasteiger charge is -2.01. The fraction of sp³-hybridized carbons (Fsp3) is 0.462. The molecule has 0 aliphatic heterocycles. The summed E-state index contributed by atoms with van der Waals surface area (Å²) >= 11 is 5.66. The normalized spacial score (nSPS) is 11.2. The number of imidazole rings is 1. The van der Waals surface area contributed by atoms with Crippen molar-refractivity contribution in [3.8, 4) is 0 Å². The molecular formula is C13H17ClN2O2. The van der Waals surface area contributed by atoms with Gasteiger partial charge in [0.1, 0.15) is 0 Å². The molecule has 0 amide bonds. The highest BCUT2D eigenvalue weighted by atomic mass is 35.5. The first-order valence-corrected chi connectivity index (χ1v) is 6.68. The highest BCUT2D eigenvalue weighted by Gasteiger charge is 2.11. The van der Waals surface area contributed by atoms with Gasteiger partial charge in [-0.2, -0.15) is 0 Å². The van der Waals surface area contributed by atoms with Crippen LogP contribution in [0.1, 0.15) is 12.8 Å². The molecule has 1 N–H and O–H groups in total. The predicted molar refractivity (Wildman–Crippen MR) is 73.2 cm³/mol. The molecule has 0 bridgehead atoms. The number of benzene rings is 1. The summed E-state index contributed by atoms with van der Waals surface area (Å²) < 4.78 is 3.38. The number of alkyl halides is 1. The van der Waals surface area contributed by atoms with Gasteiger partial charge >= 0.3 is 5.69 Å². The molecule has 1 heterocycles. The van der Waals surface area contributed by atoms with Crippen LogP contribution in [0.4, 0.5) is 0 Å². The summed E-state index contributed by atoms with van der Waals surface area (Å²) in [6.45, 7) is 0.974. The van der Waals surface area contributed by atoms with Crippen molar-refractivity contribution in [2.45, 2.75) is 25.9 Å². The second-order valence-corrected chi connectivity index (χ2v) is 4.57. The third-order valence-corrected chi connectivity index (χ3v) is 3.28. The fourth-order valence-corrected chi connectivity index (χ4v) is 2.36. The first-order valence-electron chi connectivity index (χ1n) is 6.14. The highest BCUT2D eigenvalue weighted by Crippen LogP contribution is 2.13. The third-order valence-electron chi connectivity index (χ3n) is 3.01. The molecule has 2 rings (SSSR count). The minimum atomic E-state index is -0.0557. The number of aliphatic hydroxyl groups excluding tert-OH is 1. The van der Waals surface area contributed by atoms with E-state index in [9.17, 15) is 4.79 Å². The van der Waals surface area contributed by atoms with E-state index in [1.165, 1.54) is 0 Å². The van der Waals surface area contributed by atoms with E-state index in [1.807, 2.05) is 24.3 Å². The molecule has 0 unspecified atom stereocenters. The van der Waals surface area contributed by atoms with Crippen LogP contribution in [-0.4, -0.2) is 26.7 Å². The largest absolute Gasteiger partial charge is 0.395 e. The zero-order valence-corrected chi connectivity index (χ0v) is 10.9. The number of fused-ring (bicyclic) bond motifs is 1. The molecule has 0 fully saturated rings. The summed E-state index contributed by atoms with van der Waals surface area (Å²) in [7, 11) is 0. The molecule has 0 atom stereocenters. The Kier molecular flexibility index (Phi) is 4.44. The molecule has 0 radical (unpaired) electrons. The second-order valence-electron chi connectivity index (χ2n) is 4.19. The summed E-state index contributed by atoms with van der Waals surface area (Å²) in [5.74, 6) is 0.615. The Balaban J connectivity index is 2.44. The lowest BCUT2D eigenvalue weighted by atomic mass is 10.3. The lowest BCUT2D eigenvalue weighted by molar-refractivity contribution is 0.275. The third kappa shape index (κ3) is 2.44. The van der Waals surface area contributed by atoms with Crippen molar-refractivity contribution in [3.05, 3.63) is 34.7 Å². The predicted octanol–water partition coefficient (Wildman–Crippen LogP) is 1.81. The number of rotatable bonds is 6. The van der Waals surface area contributed by atoms with Gasteiger partial charge in [-0.15, -0.1) is 11.6 Å². The van der Waals surface area contributed by atoms with Crippen molar-refractivity contribution in [2.75, 3.05) is 12.5 Å². The Hall–Kier alpha value is -1.26. The van der Waals surface area contributed by atoms with Gasteiger partial charge in [0.15, 0.2) is 0 Å². The molecule has 0 saturated carbocycles. The fourth-order valence-electron chi connectivity index (χ4n) is 2.17. The highest BCUT2D eigenvalue weighted by molar-refractivity contribution is 6.17. The number of halogens is 1. The van der Waals surface area contributed by atoms with E-state index in [0.29, 0.717) is 19.0 Å². The van der Waals surface area contributed by atoms with Crippen molar-refractivity contribution in [1.82, 2.24) is 9.13 Å². The van der Waals surface area contributed by atoms with E-state index in [2.05, 4.69) is 0 Å². The van der Waals surface area contributed by atoms with Crippen molar-refractivity contribution in [3.63, 3.8) is 0 Å². The van der Waals surface area contributed by atoms with E-state index in [1.54, 1.807) is 9.13 Å². The van der Waals surface area contributed by atoms with Crippen LogP contribution < -0.4 is 5.69 Å². The average molecular weight is 269 g/mol. The summed E-state index contributed by atoms with van der Waals surface area (Å²) in [6.07, 6.45) is 1.78. The van der Waals surface area contributed by atoms with Crippen LogP contribution >= 0.6 is 11.6 Å². The van der Waals surface area contributed by atoms with Gasteiger partial charge in [0.25, 0.3) is 0 Å². The van der Waals surface area contributed by atoms with Gasteiger partial charge in [0, 0.05) is 12.4 Å². The van der Waals surface area contributed by atoms with Crippen molar-refractivity contribution in [2.24, 2.45) is 0 Å². The Bertz CT molecular complexity index is 574. The smallest absolute Gasteiger partial charge is 0.329 e. The Morgan fingerprint density at radius 2 is 1.67 bits per heavy atom. The molecule has 0 spiro atoms. The lowest BCUT2D eigenvalue weighted by Crippen LogP contribution is -2.25. The number of nitrogens with zero attached hydrogens (tertiary/aromatic N) is 2. The van der Waals surface area contributed by atoms with E-state index < -0.39 is 0 Å². The van der Waals surface area contributed by atoms with Crippen LogP contribution in [0.5, 0.6) is 0 Å². The van der Waals surface area contributed by atoms with Crippen LogP contribution in [0.2, 0.25) is 0 Å². The van der Waals surface area contributed by atoms with Crippen molar-refractivity contribution in [1.29, 1.82) is 0 Å². The minimum Gasteiger partial charge on any atom is -0.395 e. The Morgan fingerprint density at radius 3 is 2.22 bits per heavy atom. The van der Waals surface area contributed by atoms with E-state index >= 15 is 0 Å². The first-order chi connectivity index (χ1) is 8.79. The Labute approximate surface area is 110 Å². The van der Waals surface area contributed by atoms with Crippen LogP contribution in [0.25, 0.3) is 11.0 Å². The molecule has 0 aliphatic carbocycles. The second kappa shape index (κ2) is 6.07.